The summed E-state index contributed by atoms with van der Waals surface area (Å²) in [5.74, 6) is 0.376. The van der Waals surface area contributed by atoms with Gasteiger partial charge in [-0.15, -0.1) is 0 Å². The Morgan fingerprint density at radius 1 is 1.33 bits per heavy atom. The first kappa shape index (κ1) is 14.9. The quantitative estimate of drug-likeness (QED) is 0.679. The number of aliphatic hydroxyl groups excluding tert-OH is 1. The molecule has 0 saturated heterocycles. The van der Waals surface area contributed by atoms with Crippen molar-refractivity contribution in [3.05, 3.63) is 0 Å². The van der Waals surface area contributed by atoms with Crippen molar-refractivity contribution in [1.82, 2.24) is 5.32 Å². The minimum Gasteiger partial charge on any atom is -0.392 e. The van der Waals surface area contributed by atoms with Crippen LogP contribution in [-0.2, 0) is 9.84 Å². The van der Waals surface area contributed by atoms with Crippen molar-refractivity contribution in [3.63, 3.8) is 0 Å². The van der Waals surface area contributed by atoms with Crippen LogP contribution in [0.5, 0.6) is 0 Å². The first-order valence-corrected chi connectivity index (χ1v) is 7.17. The van der Waals surface area contributed by atoms with E-state index >= 15 is 0 Å². The molecule has 0 bridgehead atoms. The van der Waals surface area contributed by atoms with E-state index in [1.54, 1.807) is 6.92 Å². The molecule has 0 aliphatic carbocycles. The van der Waals surface area contributed by atoms with Gasteiger partial charge in [0.25, 0.3) is 0 Å². The van der Waals surface area contributed by atoms with Gasteiger partial charge in [0.05, 0.1) is 11.9 Å². The molecule has 0 heterocycles. The van der Waals surface area contributed by atoms with Gasteiger partial charge in [0.1, 0.15) is 0 Å². The molecule has 0 aromatic carbocycles. The zero-order valence-corrected chi connectivity index (χ0v) is 10.9. The molecule has 0 aromatic rings. The Labute approximate surface area is 93.0 Å². The lowest BCUT2D eigenvalue weighted by Crippen LogP contribution is -2.49. The van der Waals surface area contributed by atoms with Crippen LogP contribution in [0.4, 0.5) is 0 Å². The standard InChI is InChI=1S/C10H23NO3S/c1-5-7-15(13,14)8-6-11-10(3,4)9(2)12/h9,11-12H,5-8H2,1-4H3. The van der Waals surface area contributed by atoms with Crippen LogP contribution in [0.3, 0.4) is 0 Å². The molecular weight excluding hydrogens is 214 g/mol. The molecule has 0 spiro atoms. The molecule has 4 nitrogen and oxygen atoms in total. The van der Waals surface area contributed by atoms with Gasteiger partial charge in [-0.3, -0.25) is 0 Å². The van der Waals surface area contributed by atoms with E-state index in [1.165, 1.54) is 0 Å². The maximum absolute atomic E-state index is 11.4. The fourth-order valence-corrected chi connectivity index (χ4v) is 2.33. The molecule has 1 unspecified atom stereocenters. The normalized spacial score (nSPS) is 15.3. The maximum Gasteiger partial charge on any atom is 0.151 e. The largest absolute Gasteiger partial charge is 0.392 e. The van der Waals surface area contributed by atoms with Crippen molar-refractivity contribution in [2.75, 3.05) is 18.1 Å². The van der Waals surface area contributed by atoms with Crippen molar-refractivity contribution in [2.45, 2.75) is 45.8 Å². The molecule has 92 valence electrons. The Balaban J connectivity index is 4.00. The third-order valence-electron chi connectivity index (χ3n) is 2.55. The van der Waals surface area contributed by atoms with Gasteiger partial charge in [-0.25, -0.2) is 8.42 Å². The molecule has 0 radical (unpaired) electrons. The van der Waals surface area contributed by atoms with E-state index in [2.05, 4.69) is 5.32 Å². The predicted octanol–water partition coefficient (Wildman–Crippen LogP) is 0.560. The number of rotatable bonds is 7. The third kappa shape index (κ3) is 6.12. The molecule has 15 heavy (non-hydrogen) atoms. The minimum absolute atomic E-state index is 0.136. The van der Waals surface area contributed by atoms with E-state index in [-0.39, 0.29) is 11.5 Å². The second-order valence-corrected chi connectivity index (χ2v) is 6.78. The summed E-state index contributed by atoms with van der Waals surface area (Å²) < 4.78 is 22.8. The van der Waals surface area contributed by atoms with Crippen molar-refractivity contribution in [1.29, 1.82) is 0 Å². The van der Waals surface area contributed by atoms with Gasteiger partial charge in [-0.05, 0) is 27.2 Å². The van der Waals surface area contributed by atoms with Crippen LogP contribution in [0.25, 0.3) is 0 Å². The number of sulfone groups is 1. The average molecular weight is 237 g/mol. The van der Waals surface area contributed by atoms with Gasteiger partial charge in [0.15, 0.2) is 9.84 Å². The minimum atomic E-state index is -2.92. The van der Waals surface area contributed by atoms with Gasteiger partial charge in [0, 0.05) is 17.8 Å². The smallest absolute Gasteiger partial charge is 0.151 e. The number of hydrogen-bond acceptors (Lipinski definition) is 4. The molecule has 0 aliphatic heterocycles. The zero-order valence-electron chi connectivity index (χ0n) is 10.1. The maximum atomic E-state index is 11.4. The lowest BCUT2D eigenvalue weighted by Gasteiger charge is -2.29. The average Bonchev–Trinajstić information content (AvgIpc) is 2.02. The molecule has 5 heteroatoms. The van der Waals surface area contributed by atoms with Crippen LogP contribution in [-0.4, -0.2) is 43.2 Å². The van der Waals surface area contributed by atoms with Gasteiger partial charge >= 0.3 is 0 Å². The van der Waals surface area contributed by atoms with Crippen molar-refractivity contribution < 1.29 is 13.5 Å². The Morgan fingerprint density at radius 3 is 2.27 bits per heavy atom. The molecule has 2 N–H and O–H groups in total. The molecule has 0 aromatic heterocycles. The van der Waals surface area contributed by atoms with Crippen LogP contribution < -0.4 is 5.32 Å². The third-order valence-corrected chi connectivity index (χ3v) is 4.41. The Bertz CT molecular complexity index is 270. The Kier molecular flexibility index (Phi) is 5.77. The van der Waals surface area contributed by atoms with E-state index in [0.717, 1.165) is 0 Å². The van der Waals surface area contributed by atoms with Crippen LogP contribution >= 0.6 is 0 Å². The molecule has 0 saturated carbocycles. The molecule has 0 rings (SSSR count). The van der Waals surface area contributed by atoms with Crippen LogP contribution in [0.1, 0.15) is 34.1 Å². The summed E-state index contributed by atoms with van der Waals surface area (Å²) in [5, 5.41) is 12.4. The van der Waals surface area contributed by atoms with Crippen LogP contribution in [0, 0.1) is 0 Å². The van der Waals surface area contributed by atoms with E-state index in [9.17, 15) is 13.5 Å². The topological polar surface area (TPSA) is 66.4 Å². The molecule has 1 atom stereocenters. The van der Waals surface area contributed by atoms with Gasteiger partial charge in [0.2, 0.25) is 0 Å². The van der Waals surface area contributed by atoms with Crippen molar-refractivity contribution in [2.24, 2.45) is 0 Å². The number of aliphatic hydroxyl groups is 1. The van der Waals surface area contributed by atoms with Gasteiger partial charge in [-0.2, -0.15) is 0 Å². The van der Waals surface area contributed by atoms with Crippen molar-refractivity contribution in [3.8, 4) is 0 Å². The summed E-state index contributed by atoms with van der Waals surface area (Å²) in [6.45, 7) is 7.63. The molecule has 0 aliphatic rings. The lowest BCUT2D eigenvalue weighted by molar-refractivity contribution is 0.0983. The van der Waals surface area contributed by atoms with E-state index in [0.29, 0.717) is 13.0 Å². The summed E-state index contributed by atoms with van der Waals surface area (Å²) in [6.07, 6.45) is 0.147. The monoisotopic (exact) mass is 237 g/mol. The summed E-state index contributed by atoms with van der Waals surface area (Å²) in [4.78, 5) is 0. The summed E-state index contributed by atoms with van der Waals surface area (Å²) in [7, 11) is -2.92. The van der Waals surface area contributed by atoms with Crippen LogP contribution in [0.15, 0.2) is 0 Å². The van der Waals surface area contributed by atoms with Gasteiger partial charge in [-0.1, -0.05) is 6.92 Å². The first-order valence-electron chi connectivity index (χ1n) is 5.35. The van der Waals surface area contributed by atoms with Crippen molar-refractivity contribution >= 4 is 9.84 Å². The fourth-order valence-electron chi connectivity index (χ4n) is 1.09. The summed E-state index contributed by atoms with van der Waals surface area (Å²) >= 11 is 0. The van der Waals surface area contributed by atoms with Crippen LogP contribution in [0.2, 0.25) is 0 Å². The highest BCUT2D eigenvalue weighted by Crippen LogP contribution is 2.07. The van der Waals surface area contributed by atoms with Gasteiger partial charge < -0.3 is 10.4 Å². The number of hydrogen-bond donors (Lipinski definition) is 2. The fraction of sp³-hybridized carbons (Fsp3) is 1.00. The Morgan fingerprint density at radius 2 is 1.87 bits per heavy atom. The highest BCUT2D eigenvalue weighted by molar-refractivity contribution is 7.91. The number of nitrogens with one attached hydrogen (secondary N) is 1. The second-order valence-electron chi connectivity index (χ2n) is 4.48. The summed E-state index contributed by atoms with van der Waals surface area (Å²) in [5.41, 5.74) is -0.443. The molecular formula is C10H23NO3S. The molecule has 0 fully saturated rings. The Hall–Kier alpha value is -0.130. The van der Waals surface area contributed by atoms with E-state index < -0.39 is 21.5 Å². The SMILES string of the molecule is CCCS(=O)(=O)CCNC(C)(C)C(C)O. The first-order chi connectivity index (χ1) is 6.71. The summed E-state index contributed by atoms with van der Waals surface area (Å²) in [6, 6.07) is 0. The zero-order chi connectivity index (χ0) is 12.1. The highest BCUT2D eigenvalue weighted by atomic mass is 32.2. The predicted molar refractivity (Wildman–Crippen MR) is 62.7 cm³/mol. The van der Waals surface area contributed by atoms with E-state index in [4.69, 9.17) is 0 Å². The highest BCUT2D eigenvalue weighted by Gasteiger charge is 2.23. The lowest BCUT2D eigenvalue weighted by atomic mass is 9.99. The van der Waals surface area contributed by atoms with E-state index in [1.807, 2.05) is 20.8 Å². The second kappa shape index (κ2) is 5.82. The molecule has 0 amide bonds.